The van der Waals surface area contributed by atoms with E-state index in [2.05, 4.69) is 30.3 Å². The summed E-state index contributed by atoms with van der Waals surface area (Å²) in [5.74, 6) is 0.196. The van der Waals surface area contributed by atoms with Crippen molar-refractivity contribution in [1.82, 2.24) is 4.90 Å². The third kappa shape index (κ3) is 4.57. The van der Waals surface area contributed by atoms with Gasteiger partial charge in [-0.2, -0.15) is 0 Å². The van der Waals surface area contributed by atoms with Crippen LogP contribution >= 0.6 is 0 Å². The summed E-state index contributed by atoms with van der Waals surface area (Å²) in [6.45, 7) is 8.00. The minimum atomic E-state index is 0.196. The first-order valence-corrected chi connectivity index (χ1v) is 10.4. The van der Waals surface area contributed by atoms with Gasteiger partial charge in [-0.1, -0.05) is 48.5 Å². The number of piperidine rings is 1. The number of carbonyl (C=O) groups is 1. The summed E-state index contributed by atoms with van der Waals surface area (Å²) in [4.78, 5) is 18.1. The molecule has 2 aliphatic heterocycles. The summed E-state index contributed by atoms with van der Waals surface area (Å²) in [5, 5.41) is 0. The lowest BCUT2D eigenvalue weighted by atomic mass is 10.0. The molecule has 2 heterocycles. The second-order valence-corrected chi connectivity index (χ2v) is 8.00. The van der Waals surface area contributed by atoms with Gasteiger partial charge in [0.15, 0.2) is 0 Å². The van der Waals surface area contributed by atoms with E-state index in [1.807, 2.05) is 35.2 Å². The molecule has 0 atom stereocenters. The molecule has 0 radical (unpaired) electrons. The molecule has 2 saturated heterocycles. The highest BCUT2D eigenvalue weighted by Gasteiger charge is 2.33. The van der Waals surface area contributed by atoms with E-state index < -0.39 is 0 Å². The van der Waals surface area contributed by atoms with E-state index in [4.69, 9.17) is 0 Å². The van der Waals surface area contributed by atoms with E-state index in [9.17, 15) is 4.79 Å². The zero-order chi connectivity index (χ0) is 18.5. The van der Waals surface area contributed by atoms with Gasteiger partial charge in [0, 0.05) is 37.1 Å². The summed E-state index contributed by atoms with van der Waals surface area (Å²) in [7, 11) is 0. The highest BCUT2D eigenvalue weighted by atomic mass is 16.2. The van der Waals surface area contributed by atoms with Crippen molar-refractivity contribution >= 4 is 5.91 Å². The number of rotatable bonds is 4. The van der Waals surface area contributed by atoms with Crippen LogP contribution in [0.5, 0.6) is 0 Å². The minimum absolute atomic E-state index is 0.196. The number of amides is 1. The molecule has 1 amide bonds. The Bertz CT molecular complexity index is 718. The van der Waals surface area contributed by atoms with Crippen LogP contribution in [-0.2, 0) is 6.54 Å². The first kappa shape index (κ1) is 18.2. The minimum Gasteiger partial charge on any atom is -0.338 e. The SMILES string of the molecule is O=C(c1ccccc1)N1CCC([NH+]2CC[NH+](Cc3ccccc3)CC2)CC1. The van der Waals surface area contributed by atoms with Crippen molar-refractivity contribution in [3.8, 4) is 0 Å². The number of carbonyl (C=O) groups excluding carboxylic acids is 1. The fourth-order valence-corrected chi connectivity index (χ4v) is 4.65. The average Bonchev–Trinajstić information content (AvgIpc) is 2.75. The smallest absolute Gasteiger partial charge is 0.253 e. The van der Waals surface area contributed by atoms with Crippen LogP contribution in [0, 0.1) is 0 Å². The normalized spacial score (nSPS) is 23.9. The molecule has 2 aliphatic rings. The van der Waals surface area contributed by atoms with E-state index in [-0.39, 0.29) is 5.91 Å². The molecular formula is C23H31N3O+2. The molecule has 2 aromatic rings. The van der Waals surface area contributed by atoms with E-state index in [0.717, 1.165) is 44.1 Å². The Balaban J connectivity index is 1.23. The molecule has 0 saturated carbocycles. The van der Waals surface area contributed by atoms with Gasteiger partial charge in [-0.15, -0.1) is 0 Å². The van der Waals surface area contributed by atoms with Gasteiger partial charge in [0.25, 0.3) is 5.91 Å². The first-order chi connectivity index (χ1) is 13.3. The monoisotopic (exact) mass is 365 g/mol. The molecule has 0 spiro atoms. The summed E-state index contributed by atoms with van der Waals surface area (Å²) in [5.41, 5.74) is 2.27. The zero-order valence-corrected chi connectivity index (χ0v) is 16.1. The Morgan fingerprint density at radius 1 is 0.852 bits per heavy atom. The number of hydrogen-bond acceptors (Lipinski definition) is 1. The lowest BCUT2D eigenvalue weighted by Crippen LogP contribution is -3.29. The molecule has 4 nitrogen and oxygen atoms in total. The summed E-state index contributed by atoms with van der Waals surface area (Å²) in [6, 6.07) is 21.3. The molecular weight excluding hydrogens is 334 g/mol. The quantitative estimate of drug-likeness (QED) is 0.801. The zero-order valence-electron chi connectivity index (χ0n) is 16.1. The number of likely N-dealkylation sites (tertiary alicyclic amines) is 1. The van der Waals surface area contributed by atoms with Crippen LogP contribution < -0.4 is 9.80 Å². The highest BCUT2D eigenvalue weighted by Crippen LogP contribution is 2.12. The third-order valence-electron chi connectivity index (χ3n) is 6.28. The van der Waals surface area contributed by atoms with Crippen molar-refractivity contribution < 1.29 is 14.6 Å². The van der Waals surface area contributed by atoms with Gasteiger partial charge >= 0.3 is 0 Å². The van der Waals surface area contributed by atoms with Gasteiger partial charge in [-0.25, -0.2) is 0 Å². The van der Waals surface area contributed by atoms with Crippen molar-refractivity contribution in [1.29, 1.82) is 0 Å². The van der Waals surface area contributed by atoms with Crippen molar-refractivity contribution in [2.24, 2.45) is 0 Å². The van der Waals surface area contributed by atoms with Crippen molar-refractivity contribution in [3.05, 3.63) is 71.8 Å². The van der Waals surface area contributed by atoms with Crippen LogP contribution in [0.2, 0.25) is 0 Å². The van der Waals surface area contributed by atoms with Crippen LogP contribution in [0.25, 0.3) is 0 Å². The Hall–Kier alpha value is -2.17. The molecule has 0 bridgehead atoms. The van der Waals surface area contributed by atoms with E-state index in [1.54, 1.807) is 9.80 Å². The van der Waals surface area contributed by atoms with Crippen molar-refractivity contribution in [2.75, 3.05) is 39.3 Å². The maximum absolute atomic E-state index is 12.6. The van der Waals surface area contributed by atoms with Gasteiger partial charge in [0.05, 0.1) is 6.04 Å². The number of quaternary nitrogens is 2. The van der Waals surface area contributed by atoms with Crippen LogP contribution in [-0.4, -0.2) is 56.1 Å². The van der Waals surface area contributed by atoms with Crippen LogP contribution in [0.1, 0.15) is 28.8 Å². The summed E-state index contributed by atoms with van der Waals surface area (Å²) >= 11 is 0. The van der Waals surface area contributed by atoms with Crippen molar-refractivity contribution in [3.63, 3.8) is 0 Å². The Kier molecular flexibility index (Phi) is 5.85. The predicted octanol–water partition coefficient (Wildman–Crippen LogP) is 0.275. The van der Waals surface area contributed by atoms with E-state index >= 15 is 0 Å². The molecule has 2 aromatic carbocycles. The van der Waals surface area contributed by atoms with Gasteiger partial charge in [-0.05, 0) is 12.1 Å². The first-order valence-electron chi connectivity index (χ1n) is 10.4. The fourth-order valence-electron chi connectivity index (χ4n) is 4.65. The van der Waals surface area contributed by atoms with E-state index in [1.165, 1.54) is 31.7 Å². The molecule has 2 N–H and O–H groups in total. The van der Waals surface area contributed by atoms with Crippen LogP contribution in [0.4, 0.5) is 0 Å². The highest BCUT2D eigenvalue weighted by molar-refractivity contribution is 5.94. The molecule has 142 valence electrons. The average molecular weight is 366 g/mol. The van der Waals surface area contributed by atoms with Gasteiger partial charge < -0.3 is 14.7 Å². The summed E-state index contributed by atoms with van der Waals surface area (Å²) in [6.07, 6.45) is 2.28. The number of hydrogen-bond donors (Lipinski definition) is 2. The van der Waals surface area contributed by atoms with Gasteiger partial charge in [-0.3, -0.25) is 4.79 Å². The number of nitrogens with zero attached hydrogens (tertiary/aromatic N) is 1. The summed E-state index contributed by atoms with van der Waals surface area (Å²) < 4.78 is 0. The molecule has 27 heavy (non-hydrogen) atoms. The largest absolute Gasteiger partial charge is 0.338 e. The maximum atomic E-state index is 12.6. The Morgan fingerprint density at radius 2 is 1.44 bits per heavy atom. The number of benzene rings is 2. The molecule has 4 heteroatoms. The van der Waals surface area contributed by atoms with Crippen molar-refractivity contribution in [2.45, 2.75) is 25.4 Å². The Morgan fingerprint density at radius 3 is 2.07 bits per heavy atom. The third-order valence-corrected chi connectivity index (χ3v) is 6.28. The Labute approximate surface area is 162 Å². The lowest BCUT2D eigenvalue weighted by molar-refractivity contribution is -1.03. The molecule has 0 unspecified atom stereocenters. The standard InChI is InChI=1S/C23H29N3O/c27-23(21-9-5-2-6-10-21)26-13-11-22(12-14-26)25-17-15-24(16-18-25)19-20-7-3-1-4-8-20/h1-10,22H,11-19H2/p+2. The molecule has 0 aromatic heterocycles. The van der Waals surface area contributed by atoms with Crippen LogP contribution in [0.15, 0.2) is 60.7 Å². The molecule has 0 aliphatic carbocycles. The van der Waals surface area contributed by atoms with E-state index in [0.29, 0.717) is 0 Å². The molecule has 4 rings (SSSR count). The predicted molar refractivity (Wildman–Crippen MR) is 107 cm³/mol. The number of piperazine rings is 1. The maximum Gasteiger partial charge on any atom is 0.253 e. The van der Waals surface area contributed by atoms with Crippen LogP contribution in [0.3, 0.4) is 0 Å². The van der Waals surface area contributed by atoms with Gasteiger partial charge in [0.2, 0.25) is 0 Å². The fraction of sp³-hybridized carbons (Fsp3) is 0.435. The van der Waals surface area contributed by atoms with Gasteiger partial charge in [0.1, 0.15) is 32.7 Å². The topological polar surface area (TPSA) is 29.2 Å². The number of nitrogens with one attached hydrogen (secondary N) is 2. The molecule has 2 fully saturated rings. The second-order valence-electron chi connectivity index (χ2n) is 8.00. The second kappa shape index (κ2) is 8.68. The lowest BCUT2D eigenvalue weighted by Gasteiger charge is -2.39.